The summed E-state index contributed by atoms with van der Waals surface area (Å²) in [5, 5.41) is 0. The first-order valence-electron chi connectivity index (χ1n) is 33.4. The van der Waals surface area contributed by atoms with Crippen LogP contribution in [0.5, 0.6) is 0 Å². The highest BCUT2D eigenvalue weighted by Crippen LogP contribution is 2.19. The first-order chi connectivity index (χ1) is 35.9. The van der Waals surface area contributed by atoms with Gasteiger partial charge in [0.1, 0.15) is 13.2 Å². The largest absolute Gasteiger partial charge is 0.462 e. The van der Waals surface area contributed by atoms with Gasteiger partial charge in [-0.05, 0) is 25.2 Å². The lowest BCUT2D eigenvalue weighted by atomic mass is 9.99. The lowest BCUT2D eigenvalue weighted by molar-refractivity contribution is -0.167. The van der Waals surface area contributed by atoms with E-state index in [9.17, 15) is 14.4 Å². The summed E-state index contributed by atoms with van der Waals surface area (Å²) in [5.74, 6) is 0.0859. The van der Waals surface area contributed by atoms with Crippen molar-refractivity contribution < 1.29 is 28.6 Å². The van der Waals surface area contributed by atoms with Crippen LogP contribution in [0.15, 0.2) is 0 Å². The Morgan fingerprint density at radius 1 is 0.274 bits per heavy atom. The summed E-state index contributed by atoms with van der Waals surface area (Å²) >= 11 is 0. The van der Waals surface area contributed by atoms with Gasteiger partial charge in [-0.3, -0.25) is 14.4 Å². The Kier molecular flexibility index (Phi) is 59.9. The third kappa shape index (κ3) is 59.5. The monoisotopic (exact) mass is 1030 g/mol. The molecule has 0 aliphatic carbocycles. The number of hydrogen-bond acceptors (Lipinski definition) is 6. The molecule has 0 saturated heterocycles. The minimum absolute atomic E-state index is 0.0608. The van der Waals surface area contributed by atoms with Crippen molar-refractivity contribution in [1.82, 2.24) is 0 Å². The Hall–Kier alpha value is -1.59. The van der Waals surface area contributed by atoms with Gasteiger partial charge in [-0.15, -0.1) is 0 Å². The minimum Gasteiger partial charge on any atom is -0.462 e. The maximum absolute atomic E-state index is 12.9. The fourth-order valence-electron chi connectivity index (χ4n) is 10.5. The van der Waals surface area contributed by atoms with E-state index >= 15 is 0 Å². The second-order valence-corrected chi connectivity index (χ2v) is 23.4. The molecule has 0 aromatic rings. The Balaban J connectivity index is 4.25. The van der Waals surface area contributed by atoms with E-state index in [1.165, 1.54) is 283 Å². The number of rotatable bonds is 62. The highest BCUT2D eigenvalue weighted by atomic mass is 16.6. The quantitative estimate of drug-likeness (QED) is 0.0343. The van der Waals surface area contributed by atoms with E-state index in [1.807, 2.05) is 0 Å². The molecule has 0 N–H and O–H groups in total. The Morgan fingerprint density at radius 3 is 0.712 bits per heavy atom. The van der Waals surface area contributed by atoms with E-state index in [4.69, 9.17) is 14.2 Å². The van der Waals surface area contributed by atoms with E-state index in [1.54, 1.807) is 0 Å². The van der Waals surface area contributed by atoms with E-state index < -0.39 is 6.10 Å². The number of unbranched alkanes of at least 4 members (excludes halogenated alkanes) is 48. The molecule has 434 valence electrons. The molecule has 6 nitrogen and oxygen atoms in total. The van der Waals surface area contributed by atoms with Crippen LogP contribution in [0.3, 0.4) is 0 Å². The number of esters is 3. The average Bonchev–Trinajstić information content (AvgIpc) is 3.39. The topological polar surface area (TPSA) is 78.9 Å². The molecule has 73 heavy (non-hydrogen) atoms. The number of carbonyl (C=O) groups is 3. The van der Waals surface area contributed by atoms with Crippen LogP contribution in [-0.4, -0.2) is 37.2 Å². The standard InChI is InChI=1S/C67H130O6/c1-5-8-10-12-14-16-18-20-22-23-27-31-34-38-42-46-50-54-58-65(68)71-61-64(73-67(70)60-56-52-48-44-40-36-29-21-19-17-15-13-11-9-6-2)62-72-66(69)59-55-51-47-43-39-35-32-28-25-24-26-30-33-37-41-45-49-53-57-63(4)7-3/h63-64H,5-62H2,1-4H3/t63?,64-/m1/s1. The van der Waals surface area contributed by atoms with Crippen molar-refractivity contribution in [3.05, 3.63) is 0 Å². The summed E-state index contributed by atoms with van der Waals surface area (Å²) in [6, 6.07) is 0. The van der Waals surface area contributed by atoms with Crippen LogP contribution < -0.4 is 0 Å². The lowest BCUT2D eigenvalue weighted by Gasteiger charge is -2.18. The van der Waals surface area contributed by atoms with Gasteiger partial charge in [0, 0.05) is 19.3 Å². The van der Waals surface area contributed by atoms with E-state index in [0.717, 1.165) is 63.7 Å². The molecule has 0 amide bonds. The first kappa shape index (κ1) is 71.4. The maximum Gasteiger partial charge on any atom is 0.306 e. The van der Waals surface area contributed by atoms with Gasteiger partial charge in [0.15, 0.2) is 6.10 Å². The van der Waals surface area contributed by atoms with E-state index in [0.29, 0.717) is 19.3 Å². The van der Waals surface area contributed by atoms with Crippen LogP contribution in [-0.2, 0) is 28.6 Å². The number of carbonyl (C=O) groups excluding carboxylic acids is 3. The van der Waals surface area contributed by atoms with Gasteiger partial charge in [0.2, 0.25) is 0 Å². The normalized spacial score (nSPS) is 12.3. The lowest BCUT2D eigenvalue weighted by Crippen LogP contribution is -2.30. The van der Waals surface area contributed by atoms with Crippen molar-refractivity contribution in [2.24, 2.45) is 5.92 Å². The summed E-state index contributed by atoms with van der Waals surface area (Å²) in [5.41, 5.74) is 0. The molecular formula is C67H130O6. The smallest absolute Gasteiger partial charge is 0.306 e. The zero-order valence-corrected chi connectivity index (χ0v) is 50.1. The highest BCUT2D eigenvalue weighted by molar-refractivity contribution is 5.71. The SMILES string of the molecule is CCCCCCCCCCCCCCCCCCCCC(=O)OC[C@H](COC(=O)CCCCCCCCCCCCCCCCCCCCC(C)CC)OC(=O)CCCCCCCCCCCCCCCCC. The van der Waals surface area contributed by atoms with Crippen molar-refractivity contribution >= 4 is 17.9 Å². The van der Waals surface area contributed by atoms with Gasteiger partial charge in [-0.2, -0.15) is 0 Å². The van der Waals surface area contributed by atoms with Crippen LogP contribution in [0.2, 0.25) is 0 Å². The van der Waals surface area contributed by atoms with Crippen molar-refractivity contribution in [1.29, 1.82) is 0 Å². The molecule has 0 aliphatic heterocycles. The van der Waals surface area contributed by atoms with Crippen molar-refractivity contribution in [3.63, 3.8) is 0 Å². The Morgan fingerprint density at radius 2 is 0.479 bits per heavy atom. The molecule has 0 bridgehead atoms. The van der Waals surface area contributed by atoms with E-state index in [-0.39, 0.29) is 31.1 Å². The summed E-state index contributed by atoms with van der Waals surface area (Å²) < 4.78 is 17.0. The number of hydrogen-bond donors (Lipinski definition) is 0. The molecule has 0 aromatic carbocycles. The second kappa shape index (κ2) is 61.3. The van der Waals surface area contributed by atoms with Gasteiger partial charge in [0.05, 0.1) is 0 Å². The molecule has 0 aromatic heterocycles. The summed E-state index contributed by atoms with van der Waals surface area (Å²) in [4.78, 5) is 38.4. The highest BCUT2D eigenvalue weighted by Gasteiger charge is 2.19. The average molecular weight is 1030 g/mol. The zero-order chi connectivity index (χ0) is 53.0. The molecule has 0 fully saturated rings. The summed E-state index contributed by atoms with van der Waals surface area (Å²) in [7, 11) is 0. The van der Waals surface area contributed by atoms with Crippen LogP contribution >= 0.6 is 0 Å². The Bertz CT molecular complexity index is 1110. The van der Waals surface area contributed by atoms with Gasteiger partial charge < -0.3 is 14.2 Å². The third-order valence-corrected chi connectivity index (χ3v) is 15.9. The third-order valence-electron chi connectivity index (χ3n) is 15.9. The predicted octanol–water partition coefficient (Wildman–Crippen LogP) is 22.5. The molecular weight excluding hydrogens is 901 g/mol. The molecule has 0 spiro atoms. The molecule has 0 rings (SSSR count). The van der Waals surface area contributed by atoms with Gasteiger partial charge >= 0.3 is 17.9 Å². The predicted molar refractivity (Wildman–Crippen MR) is 317 cm³/mol. The van der Waals surface area contributed by atoms with Crippen molar-refractivity contribution in [2.45, 2.75) is 393 Å². The summed E-state index contributed by atoms with van der Waals surface area (Å²) in [6.07, 6.45) is 69.6. The molecule has 2 atom stereocenters. The number of ether oxygens (including phenoxy) is 3. The van der Waals surface area contributed by atoms with Crippen molar-refractivity contribution in [3.8, 4) is 0 Å². The maximum atomic E-state index is 12.9. The summed E-state index contributed by atoms with van der Waals surface area (Å²) in [6.45, 7) is 9.14. The molecule has 6 heteroatoms. The molecule has 0 radical (unpaired) electrons. The van der Waals surface area contributed by atoms with Gasteiger partial charge in [-0.1, -0.05) is 349 Å². The molecule has 0 saturated carbocycles. The van der Waals surface area contributed by atoms with Crippen molar-refractivity contribution in [2.75, 3.05) is 13.2 Å². The zero-order valence-electron chi connectivity index (χ0n) is 50.1. The molecule has 1 unspecified atom stereocenters. The fourth-order valence-corrected chi connectivity index (χ4v) is 10.5. The molecule has 0 aliphatic rings. The van der Waals surface area contributed by atoms with Crippen LogP contribution in [0.1, 0.15) is 387 Å². The van der Waals surface area contributed by atoms with Gasteiger partial charge in [-0.25, -0.2) is 0 Å². The second-order valence-electron chi connectivity index (χ2n) is 23.4. The van der Waals surface area contributed by atoms with Crippen LogP contribution in [0.25, 0.3) is 0 Å². The van der Waals surface area contributed by atoms with E-state index in [2.05, 4.69) is 27.7 Å². The Labute approximate surface area is 457 Å². The molecule has 0 heterocycles. The fraction of sp³-hybridized carbons (Fsp3) is 0.955. The minimum atomic E-state index is -0.763. The van der Waals surface area contributed by atoms with Crippen LogP contribution in [0, 0.1) is 5.92 Å². The van der Waals surface area contributed by atoms with Crippen LogP contribution in [0.4, 0.5) is 0 Å². The van der Waals surface area contributed by atoms with Gasteiger partial charge in [0.25, 0.3) is 0 Å². The first-order valence-corrected chi connectivity index (χ1v) is 33.4.